The van der Waals surface area contributed by atoms with Crippen molar-refractivity contribution in [1.29, 1.82) is 0 Å². The molecule has 6 nitrogen and oxygen atoms in total. The molecule has 0 aliphatic rings. The van der Waals surface area contributed by atoms with Gasteiger partial charge in [-0.25, -0.2) is 0 Å². The van der Waals surface area contributed by atoms with E-state index in [0.29, 0.717) is 19.3 Å². The Morgan fingerprint density at radius 2 is 1.41 bits per heavy atom. The fourth-order valence-electron chi connectivity index (χ4n) is 3.13. The minimum Gasteiger partial charge on any atom is -0.469 e. The normalized spacial score (nSPS) is 13.1. The van der Waals surface area contributed by atoms with Crippen LogP contribution in [0.5, 0.6) is 0 Å². The molecule has 0 bridgehead atoms. The van der Waals surface area contributed by atoms with Crippen LogP contribution < -0.4 is 0 Å². The Kier molecular flexibility index (Phi) is 17.0. The highest BCUT2D eigenvalue weighted by atomic mass is 16.6. The third-order valence-corrected chi connectivity index (χ3v) is 4.66. The van der Waals surface area contributed by atoms with Crippen LogP contribution in [0.4, 0.5) is 0 Å². The van der Waals surface area contributed by atoms with E-state index in [1.54, 1.807) is 0 Å². The van der Waals surface area contributed by atoms with Crippen molar-refractivity contribution in [1.82, 2.24) is 0 Å². The molecule has 0 saturated heterocycles. The van der Waals surface area contributed by atoms with Crippen LogP contribution in [0.1, 0.15) is 97.8 Å². The van der Waals surface area contributed by atoms with E-state index in [4.69, 9.17) is 9.47 Å². The van der Waals surface area contributed by atoms with Crippen molar-refractivity contribution in [2.75, 3.05) is 7.11 Å². The highest BCUT2D eigenvalue weighted by molar-refractivity contribution is 5.69. The van der Waals surface area contributed by atoms with Gasteiger partial charge in [-0.1, -0.05) is 51.2 Å². The molecule has 0 amide bonds. The predicted molar refractivity (Wildman–Crippen MR) is 113 cm³/mol. The number of esters is 3. The van der Waals surface area contributed by atoms with Gasteiger partial charge in [0.1, 0.15) is 12.2 Å². The van der Waals surface area contributed by atoms with Crippen molar-refractivity contribution in [3.8, 4) is 0 Å². The van der Waals surface area contributed by atoms with Gasteiger partial charge < -0.3 is 14.2 Å². The minimum absolute atomic E-state index is 0.142. The van der Waals surface area contributed by atoms with E-state index in [9.17, 15) is 14.4 Å². The Morgan fingerprint density at radius 1 is 0.793 bits per heavy atom. The van der Waals surface area contributed by atoms with E-state index < -0.39 is 12.2 Å². The topological polar surface area (TPSA) is 78.9 Å². The van der Waals surface area contributed by atoms with Gasteiger partial charge in [0.05, 0.1) is 7.11 Å². The van der Waals surface area contributed by atoms with Gasteiger partial charge in [0, 0.05) is 26.7 Å². The van der Waals surface area contributed by atoms with Gasteiger partial charge in [0.25, 0.3) is 0 Å². The van der Waals surface area contributed by atoms with Gasteiger partial charge in [-0.3, -0.25) is 14.4 Å². The van der Waals surface area contributed by atoms with Gasteiger partial charge >= 0.3 is 17.9 Å². The molecule has 6 heteroatoms. The molecule has 0 rings (SSSR count). The smallest absolute Gasteiger partial charge is 0.305 e. The van der Waals surface area contributed by atoms with E-state index in [0.717, 1.165) is 57.8 Å². The average molecular weight is 413 g/mol. The Hall–Kier alpha value is -1.85. The lowest BCUT2D eigenvalue weighted by atomic mass is 10.0. The van der Waals surface area contributed by atoms with Crippen LogP contribution in [0.15, 0.2) is 12.2 Å². The highest BCUT2D eigenvalue weighted by Crippen LogP contribution is 2.18. The summed E-state index contributed by atoms with van der Waals surface area (Å²) in [4.78, 5) is 34.0. The van der Waals surface area contributed by atoms with Crippen molar-refractivity contribution in [3.05, 3.63) is 12.2 Å². The second kappa shape index (κ2) is 18.2. The lowest BCUT2D eigenvalue weighted by molar-refractivity contribution is -0.165. The Balaban J connectivity index is 4.28. The molecule has 0 spiro atoms. The lowest BCUT2D eigenvalue weighted by Gasteiger charge is -2.25. The number of methoxy groups -OCH3 is 1. The first-order chi connectivity index (χ1) is 13.9. The maximum absolute atomic E-state index is 11.5. The number of unbranched alkanes of at least 4 members (excludes halogenated alkanes) is 7. The molecule has 29 heavy (non-hydrogen) atoms. The molecule has 0 N–H and O–H groups in total. The summed E-state index contributed by atoms with van der Waals surface area (Å²) < 4.78 is 15.5. The van der Waals surface area contributed by atoms with Crippen LogP contribution in [-0.4, -0.2) is 37.2 Å². The molecule has 0 heterocycles. The molecule has 0 aromatic rings. The van der Waals surface area contributed by atoms with Crippen molar-refractivity contribution < 1.29 is 28.6 Å². The third-order valence-electron chi connectivity index (χ3n) is 4.66. The number of allylic oxidation sites excluding steroid dienone is 1. The summed E-state index contributed by atoms with van der Waals surface area (Å²) in [6, 6.07) is 0. The quantitative estimate of drug-likeness (QED) is 0.140. The molecule has 0 radical (unpaired) electrons. The fourth-order valence-corrected chi connectivity index (χ4v) is 3.13. The molecule has 0 aromatic carbocycles. The van der Waals surface area contributed by atoms with Gasteiger partial charge in [-0.15, -0.1) is 0 Å². The van der Waals surface area contributed by atoms with Crippen molar-refractivity contribution in [2.45, 2.75) is 110 Å². The van der Waals surface area contributed by atoms with E-state index in [-0.39, 0.29) is 17.9 Å². The van der Waals surface area contributed by atoms with Gasteiger partial charge in [-0.2, -0.15) is 0 Å². The lowest BCUT2D eigenvalue weighted by Crippen LogP contribution is -2.34. The Morgan fingerprint density at radius 3 is 2.03 bits per heavy atom. The zero-order chi connectivity index (χ0) is 21.9. The third kappa shape index (κ3) is 16.8. The number of hydrogen-bond donors (Lipinski definition) is 0. The van der Waals surface area contributed by atoms with Crippen LogP contribution in [-0.2, 0) is 28.6 Å². The van der Waals surface area contributed by atoms with Crippen LogP contribution in [0.25, 0.3) is 0 Å². The van der Waals surface area contributed by atoms with E-state index in [1.165, 1.54) is 21.0 Å². The van der Waals surface area contributed by atoms with E-state index in [2.05, 4.69) is 17.7 Å². The number of ether oxygens (including phenoxy) is 3. The van der Waals surface area contributed by atoms with Crippen LogP contribution in [0.2, 0.25) is 0 Å². The molecule has 0 aliphatic carbocycles. The van der Waals surface area contributed by atoms with Crippen molar-refractivity contribution >= 4 is 17.9 Å². The zero-order valence-corrected chi connectivity index (χ0v) is 18.7. The molecule has 2 atom stereocenters. The molecule has 168 valence electrons. The first-order valence-electron chi connectivity index (χ1n) is 11.0. The second-order valence-corrected chi connectivity index (χ2v) is 7.38. The second-order valence-electron chi connectivity index (χ2n) is 7.38. The Labute approximate surface area is 176 Å². The SMILES string of the molecule is CCCCCC(OC(C)=O)C(CC=CCCCCCCCC(=O)OC)OC(C)=O. The van der Waals surface area contributed by atoms with Gasteiger partial charge in [-0.05, 0) is 32.1 Å². The maximum atomic E-state index is 11.5. The molecule has 0 saturated carbocycles. The molecule has 2 unspecified atom stereocenters. The first-order valence-corrected chi connectivity index (χ1v) is 11.0. The summed E-state index contributed by atoms with van der Waals surface area (Å²) in [5, 5.41) is 0. The zero-order valence-electron chi connectivity index (χ0n) is 18.7. The van der Waals surface area contributed by atoms with Crippen molar-refractivity contribution in [3.63, 3.8) is 0 Å². The summed E-state index contributed by atoms with van der Waals surface area (Å²) >= 11 is 0. The molecular formula is C23H40O6. The minimum atomic E-state index is -0.442. The van der Waals surface area contributed by atoms with E-state index >= 15 is 0 Å². The summed E-state index contributed by atoms with van der Waals surface area (Å²) in [5.74, 6) is -0.847. The van der Waals surface area contributed by atoms with Crippen LogP contribution in [0, 0.1) is 0 Å². The Bertz CT molecular complexity index is 486. The van der Waals surface area contributed by atoms with Crippen LogP contribution >= 0.6 is 0 Å². The molecule has 0 aromatic heterocycles. The molecular weight excluding hydrogens is 372 g/mol. The first kappa shape index (κ1) is 27.1. The summed E-state index contributed by atoms with van der Waals surface area (Å²) in [6.45, 7) is 4.89. The highest BCUT2D eigenvalue weighted by Gasteiger charge is 2.25. The number of hydrogen-bond acceptors (Lipinski definition) is 6. The fraction of sp³-hybridized carbons (Fsp3) is 0.783. The maximum Gasteiger partial charge on any atom is 0.305 e. The summed E-state index contributed by atoms with van der Waals surface area (Å²) in [6.07, 6.45) is 14.3. The van der Waals surface area contributed by atoms with E-state index in [1.807, 2.05) is 6.08 Å². The monoisotopic (exact) mass is 412 g/mol. The number of carbonyl (C=O) groups is 3. The average Bonchev–Trinajstić information content (AvgIpc) is 2.67. The predicted octanol–water partition coefficient (Wildman–Crippen LogP) is 5.28. The molecule has 0 aliphatic heterocycles. The van der Waals surface area contributed by atoms with Gasteiger partial charge in [0.2, 0.25) is 0 Å². The number of rotatable bonds is 17. The number of carbonyl (C=O) groups excluding carboxylic acids is 3. The molecule has 0 fully saturated rings. The summed E-state index contributed by atoms with van der Waals surface area (Å²) in [7, 11) is 1.42. The van der Waals surface area contributed by atoms with Gasteiger partial charge in [0.15, 0.2) is 0 Å². The van der Waals surface area contributed by atoms with Crippen LogP contribution in [0.3, 0.4) is 0 Å². The van der Waals surface area contributed by atoms with Crippen molar-refractivity contribution in [2.24, 2.45) is 0 Å². The largest absolute Gasteiger partial charge is 0.469 e. The summed E-state index contributed by atoms with van der Waals surface area (Å²) in [5.41, 5.74) is 0. The standard InChI is InChI=1S/C23H40O6/c1-5-6-13-16-21(28-19(2)24)22(29-20(3)25)17-14-11-9-7-8-10-12-15-18-23(26)27-4/h11,14,21-22H,5-10,12-13,15-18H2,1-4H3.